The van der Waals surface area contributed by atoms with Gasteiger partial charge in [0.2, 0.25) is 0 Å². The van der Waals surface area contributed by atoms with Gasteiger partial charge in [-0.25, -0.2) is 8.78 Å². The molecule has 0 saturated heterocycles. The van der Waals surface area contributed by atoms with Crippen LogP contribution in [0.3, 0.4) is 0 Å². The Kier molecular flexibility index (Phi) is 2.56. The third kappa shape index (κ3) is 1.62. The van der Waals surface area contributed by atoms with Crippen LogP contribution in [0.4, 0.5) is 8.78 Å². The van der Waals surface area contributed by atoms with Crippen LogP contribution in [-0.4, -0.2) is 0 Å². The highest BCUT2D eigenvalue weighted by Gasteiger charge is 2.12. The lowest BCUT2D eigenvalue weighted by molar-refractivity contribution is 0.499. The van der Waals surface area contributed by atoms with Crippen molar-refractivity contribution in [2.45, 2.75) is 6.42 Å². The molecule has 0 unspecified atom stereocenters. The first-order valence-electron chi connectivity index (χ1n) is 3.44. The minimum atomic E-state index is -1.18. The number of nitrogens with zero attached hydrogens (tertiary/aromatic N) is 2. The van der Waals surface area contributed by atoms with E-state index in [2.05, 4.69) is 0 Å². The van der Waals surface area contributed by atoms with Crippen molar-refractivity contribution in [3.05, 3.63) is 34.9 Å². The van der Waals surface area contributed by atoms with Crippen LogP contribution in [0.1, 0.15) is 11.1 Å². The van der Waals surface area contributed by atoms with E-state index >= 15 is 0 Å². The Morgan fingerprint density at radius 3 is 2.38 bits per heavy atom. The number of halogens is 2. The zero-order chi connectivity index (χ0) is 9.84. The lowest BCUT2D eigenvalue weighted by Gasteiger charge is -1.99. The Morgan fingerprint density at radius 2 is 1.85 bits per heavy atom. The van der Waals surface area contributed by atoms with Crippen molar-refractivity contribution in [2.75, 3.05) is 0 Å². The fraction of sp³-hybridized carbons (Fsp3) is 0.111. The topological polar surface area (TPSA) is 47.6 Å². The summed E-state index contributed by atoms with van der Waals surface area (Å²) in [6, 6.07) is 5.60. The zero-order valence-corrected chi connectivity index (χ0v) is 6.51. The SMILES string of the molecule is N#CCc1ccc(C#N)c(F)c1F. The van der Waals surface area contributed by atoms with Gasteiger partial charge < -0.3 is 0 Å². The smallest absolute Gasteiger partial charge is 0.176 e. The maximum atomic E-state index is 13.0. The third-order valence-electron chi connectivity index (χ3n) is 1.55. The van der Waals surface area contributed by atoms with Gasteiger partial charge in [0.05, 0.1) is 18.1 Å². The summed E-state index contributed by atoms with van der Waals surface area (Å²) in [5.41, 5.74) is -0.377. The first-order valence-corrected chi connectivity index (χ1v) is 3.44. The van der Waals surface area contributed by atoms with Crippen LogP contribution in [0.2, 0.25) is 0 Å². The van der Waals surface area contributed by atoms with Gasteiger partial charge in [-0.3, -0.25) is 0 Å². The summed E-state index contributed by atoms with van der Waals surface area (Å²) in [6.07, 6.45) is -0.200. The van der Waals surface area contributed by atoms with E-state index in [4.69, 9.17) is 10.5 Å². The first-order chi connectivity index (χ1) is 6.20. The molecule has 0 aliphatic rings. The molecule has 0 fully saturated rings. The largest absolute Gasteiger partial charge is 0.203 e. The zero-order valence-electron chi connectivity index (χ0n) is 6.51. The molecule has 0 amide bonds. The molecule has 0 bridgehead atoms. The van der Waals surface area contributed by atoms with Crippen LogP contribution in [0, 0.1) is 34.3 Å². The van der Waals surface area contributed by atoms with E-state index in [-0.39, 0.29) is 17.5 Å². The van der Waals surface area contributed by atoms with Gasteiger partial charge in [0.25, 0.3) is 0 Å². The first kappa shape index (κ1) is 9.15. The molecule has 13 heavy (non-hydrogen) atoms. The van der Waals surface area contributed by atoms with E-state index in [1.165, 1.54) is 12.1 Å². The molecule has 0 heterocycles. The molecule has 1 rings (SSSR count). The molecule has 1 aromatic rings. The van der Waals surface area contributed by atoms with Gasteiger partial charge >= 0.3 is 0 Å². The molecule has 0 aliphatic heterocycles. The average Bonchev–Trinajstić information content (AvgIpc) is 2.14. The molecule has 0 atom stereocenters. The van der Waals surface area contributed by atoms with Crippen LogP contribution in [0.25, 0.3) is 0 Å². The highest BCUT2D eigenvalue weighted by molar-refractivity contribution is 5.35. The van der Waals surface area contributed by atoms with Gasteiger partial charge in [0.15, 0.2) is 11.6 Å². The van der Waals surface area contributed by atoms with Crippen molar-refractivity contribution >= 4 is 0 Å². The summed E-state index contributed by atoms with van der Waals surface area (Å²) in [5.74, 6) is -2.30. The number of rotatable bonds is 1. The molecular formula is C9H4F2N2. The predicted octanol–water partition coefficient (Wildman–Crippen LogP) is 1.90. The van der Waals surface area contributed by atoms with Crippen LogP contribution in [-0.2, 0) is 6.42 Å². The average molecular weight is 178 g/mol. The van der Waals surface area contributed by atoms with Gasteiger partial charge in [-0.15, -0.1) is 0 Å². The molecule has 0 N–H and O–H groups in total. The number of benzene rings is 1. The molecular weight excluding hydrogens is 174 g/mol. The van der Waals surface area contributed by atoms with E-state index in [9.17, 15) is 8.78 Å². The van der Waals surface area contributed by atoms with E-state index < -0.39 is 11.6 Å². The minimum Gasteiger partial charge on any atom is -0.203 e. The Hall–Kier alpha value is -1.94. The van der Waals surface area contributed by atoms with Crippen molar-refractivity contribution in [2.24, 2.45) is 0 Å². The van der Waals surface area contributed by atoms with Gasteiger partial charge in [0, 0.05) is 5.56 Å². The van der Waals surface area contributed by atoms with E-state index in [1.807, 2.05) is 0 Å². The fourth-order valence-corrected chi connectivity index (χ4v) is 0.897. The minimum absolute atomic E-state index is 0.0287. The number of nitriles is 2. The standard InChI is InChI=1S/C9H4F2N2/c10-8-6(3-4-12)1-2-7(5-13)9(8)11/h1-2H,3H2. The monoisotopic (exact) mass is 178 g/mol. The summed E-state index contributed by atoms with van der Waals surface area (Å²) < 4.78 is 25.8. The molecule has 0 radical (unpaired) electrons. The molecule has 4 heteroatoms. The molecule has 64 valence electrons. The Labute approximate surface area is 73.6 Å². The highest BCUT2D eigenvalue weighted by atomic mass is 19.2. The Morgan fingerprint density at radius 1 is 1.15 bits per heavy atom. The molecule has 0 saturated carbocycles. The lowest BCUT2D eigenvalue weighted by Crippen LogP contribution is -1.96. The molecule has 0 spiro atoms. The summed E-state index contributed by atoms with van der Waals surface area (Å²) in [7, 11) is 0. The second kappa shape index (κ2) is 3.64. The third-order valence-corrected chi connectivity index (χ3v) is 1.55. The van der Waals surface area contributed by atoms with Gasteiger partial charge in [-0.1, -0.05) is 6.07 Å². The normalized spacial score (nSPS) is 8.92. The van der Waals surface area contributed by atoms with Crippen molar-refractivity contribution < 1.29 is 8.78 Å². The summed E-state index contributed by atoms with van der Waals surface area (Å²) in [6.45, 7) is 0. The lowest BCUT2D eigenvalue weighted by atomic mass is 10.1. The van der Waals surface area contributed by atoms with Gasteiger partial charge in [-0.2, -0.15) is 10.5 Å². The van der Waals surface area contributed by atoms with Crippen LogP contribution < -0.4 is 0 Å². The molecule has 1 aromatic carbocycles. The summed E-state index contributed by atoms with van der Waals surface area (Å²) >= 11 is 0. The summed E-state index contributed by atoms with van der Waals surface area (Å²) in [5, 5.41) is 16.6. The van der Waals surface area contributed by atoms with Crippen LogP contribution in [0.5, 0.6) is 0 Å². The van der Waals surface area contributed by atoms with Crippen molar-refractivity contribution in [1.82, 2.24) is 0 Å². The van der Waals surface area contributed by atoms with Crippen LogP contribution >= 0.6 is 0 Å². The van der Waals surface area contributed by atoms with Gasteiger partial charge in [-0.05, 0) is 6.07 Å². The van der Waals surface area contributed by atoms with E-state index in [1.54, 1.807) is 6.07 Å². The van der Waals surface area contributed by atoms with Gasteiger partial charge in [0.1, 0.15) is 6.07 Å². The van der Waals surface area contributed by atoms with Crippen molar-refractivity contribution in [1.29, 1.82) is 10.5 Å². The quantitative estimate of drug-likeness (QED) is 0.659. The van der Waals surface area contributed by atoms with Crippen molar-refractivity contribution in [3.63, 3.8) is 0 Å². The van der Waals surface area contributed by atoms with E-state index in [0.29, 0.717) is 0 Å². The second-order valence-electron chi connectivity index (χ2n) is 2.35. The fourth-order valence-electron chi connectivity index (χ4n) is 0.897. The molecule has 0 aromatic heterocycles. The highest BCUT2D eigenvalue weighted by Crippen LogP contribution is 2.15. The summed E-state index contributed by atoms with van der Waals surface area (Å²) in [4.78, 5) is 0. The Bertz CT molecular complexity index is 413. The molecule has 2 nitrogen and oxygen atoms in total. The number of hydrogen-bond acceptors (Lipinski definition) is 2. The maximum absolute atomic E-state index is 13.0. The number of hydrogen-bond donors (Lipinski definition) is 0. The molecule has 0 aliphatic carbocycles. The van der Waals surface area contributed by atoms with Crippen molar-refractivity contribution in [3.8, 4) is 12.1 Å². The predicted molar refractivity (Wildman–Crippen MR) is 40.4 cm³/mol. The Balaban J connectivity index is 3.27. The maximum Gasteiger partial charge on any atom is 0.176 e. The van der Waals surface area contributed by atoms with E-state index in [0.717, 1.165) is 6.07 Å². The second-order valence-corrected chi connectivity index (χ2v) is 2.35. The van der Waals surface area contributed by atoms with Crippen LogP contribution in [0.15, 0.2) is 12.1 Å².